The molecule has 0 heterocycles. The Hall–Kier alpha value is -2.15. The van der Waals surface area contributed by atoms with Gasteiger partial charge in [0, 0.05) is 5.56 Å². The van der Waals surface area contributed by atoms with Gasteiger partial charge >= 0.3 is 0 Å². The van der Waals surface area contributed by atoms with Crippen molar-refractivity contribution in [2.24, 2.45) is 0 Å². The van der Waals surface area contributed by atoms with Crippen molar-refractivity contribution in [2.75, 3.05) is 0 Å². The van der Waals surface area contributed by atoms with E-state index in [1.165, 1.54) is 0 Å². The van der Waals surface area contributed by atoms with E-state index in [-0.39, 0.29) is 5.78 Å². The lowest BCUT2D eigenvalue weighted by atomic mass is 10.0. The molecule has 0 atom stereocenters. The Kier molecular flexibility index (Phi) is 3.51. The Labute approximate surface area is 101 Å². The quantitative estimate of drug-likeness (QED) is 0.567. The molecule has 0 saturated carbocycles. The van der Waals surface area contributed by atoms with Crippen LogP contribution < -0.4 is 0 Å². The zero-order chi connectivity index (χ0) is 12.1. The molecule has 0 amide bonds. The highest BCUT2D eigenvalue weighted by atomic mass is 16.1. The molecule has 2 aromatic rings. The molecule has 1 nitrogen and oxygen atoms in total. The summed E-state index contributed by atoms with van der Waals surface area (Å²) in [6.07, 6.45) is 1.91. The molecule has 0 bridgehead atoms. The number of rotatable bonds is 3. The third-order valence-electron chi connectivity index (χ3n) is 2.58. The molecule has 1 heteroatoms. The number of hydrogen-bond donors (Lipinski definition) is 0. The first-order chi connectivity index (χ1) is 8.27. The van der Waals surface area contributed by atoms with Crippen LogP contribution in [0.3, 0.4) is 0 Å². The van der Waals surface area contributed by atoms with Crippen molar-refractivity contribution in [3.63, 3.8) is 0 Å². The summed E-state index contributed by atoms with van der Waals surface area (Å²) in [7, 11) is 0. The van der Waals surface area contributed by atoms with E-state index in [2.05, 4.69) is 0 Å². The van der Waals surface area contributed by atoms with E-state index in [1.807, 2.05) is 73.7 Å². The van der Waals surface area contributed by atoms with Gasteiger partial charge in [-0.2, -0.15) is 0 Å². The molecule has 0 aliphatic heterocycles. The molecule has 84 valence electrons. The topological polar surface area (TPSA) is 17.1 Å². The second kappa shape index (κ2) is 5.26. The summed E-state index contributed by atoms with van der Waals surface area (Å²) >= 11 is 0. The van der Waals surface area contributed by atoms with Gasteiger partial charge in [0.2, 0.25) is 0 Å². The summed E-state index contributed by atoms with van der Waals surface area (Å²) < 4.78 is 0. The fraction of sp³-hybridized carbons (Fsp3) is 0.0625. The lowest BCUT2D eigenvalue weighted by Gasteiger charge is -2.01. The van der Waals surface area contributed by atoms with Crippen molar-refractivity contribution in [2.45, 2.75) is 6.92 Å². The Balaban J connectivity index is 2.24. The smallest absolute Gasteiger partial charge is 0.188 e. The maximum Gasteiger partial charge on any atom is 0.188 e. The van der Waals surface area contributed by atoms with Crippen LogP contribution in [0.1, 0.15) is 22.8 Å². The Morgan fingerprint density at radius 1 is 0.882 bits per heavy atom. The summed E-state index contributed by atoms with van der Waals surface area (Å²) in [5.41, 5.74) is 2.54. The van der Waals surface area contributed by atoms with Gasteiger partial charge in [0.05, 0.1) is 0 Å². The van der Waals surface area contributed by atoms with Gasteiger partial charge < -0.3 is 0 Å². The van der Waals surface area contributed by atoms with Gasteiger partial charge in [-0.25, -0.2) is 0 Å². The Morgan fingerprint density at radius 3 is 2.00 bits per heavy atom. The summed E-state index contributed by atoms with van der Waals surface area (Å²) in [6, 6.07) is 19.2. The van der Waals surface area contributed by atoms with E-state index in [1.54, 1.807) is 0 Å². The van der Waals surface area contributed by atoms with Gasteiger partial charge in [0.1, 0.15) is 0 Å². The second-order valence-corrected chi connectivity index (χ2v) is 3.93. The minimum atomic E-state index is 0.0782. The van der Waals surface area contributed by atoms with Crippen LogP contribution in [-0.2, 0) is 0 Å². The van der Waals surface area contributed by atoms with Crippen molar-refractivity contribution < 1.29 is 4.79 Å². The molecule has 0 unspecified atom stereocenters. The molecule has 2 aromatic carbocycles. The zero-order valence-electron chi connectivity index (χ0n) is 9.76. The SMILES string of the molecule is CC(=Cc1ccccc1)C(=O)c1ccccc1. The number of allylic oxidation sites excluding steroid dienone is 1. The molecular formula is C16H14O. The second-order valence-electron chi connectivity index (χ2n) is 3.93. The van der Waals surface area contributed by atoms with Crippen molar-refractivity contribution >= 4 is 11.9 Å². The van der Waals surface area contributed by atoms with Crippen LogP contribution in [0.5, 0.6) is 0 Å². The Morgan fingerprint density at radius 2 is 1.41 bits per heavy atom. The normalized spacial score (nSPS) is 11.2. The van der Waals surface area contributed by atoms with Gasteiger partial charge in [0.25, 0.3) is 0 Å². The molecule has 0 aliphatic rings. The first-order valence-corrected chi connectivity index (χ1v) is 5.60. The summed E-state index contributed by atoms with van der Waals surface area (Å²) in [4.78, 5) is 12.1. The number of hydrogen-bond acceptors (Lipinski definition) is 1. The van der Waals surface area contributed by atoms with Crippen molar-refractivity contribution in [1.29, 1.82) is 0 Å². The minimum absolute atomic E-state index is 0.0782. The van der Waals surface area contributed by atoms with Gasteiger partial charge in [0.15, 0.2) is 5.78 Å². The van der Waals surface area contributed by atoms with Crippen LogP contribution in [0, 0.1) is 0 Å². The van der Waals surface area contributed by atoms with Crippen LogP contribution in [0.4, 0.5) is 0 Å². The average Bonchev–Trinajstić information content (AvgIpc) is 2.40. The third kappa shape index (κ3) is 2.91. The van der Waals surface area contributed by atoms with E-state index in [4.69, 9.17) is 0 Å². The fourth-order valence-corrected chi connectivity index (χ4v) is 1.68. The molecule has 2 rings (SSSR count). The number of ketones is 1. The van der Waals surface area contributed by atoms with E-state index in [0.717, 1.165) is 16.7 Å². The average molecular weight is 222 g/mol. The van der Waals surface area contributed by atoms with Crippen molar-refractivity contribution in [3.8, 4) is 0 Å². The predicted molar refractivity (Wildman–Crippen MR) is 70.9 cm³/mol. The molecule has 0 spiro atoms. The molecule has 0 saturated heterocycles. The van der Waals surface area contributed by atoms with E-state index in [9.17, 15) is 4.79 Å². The maximum absolute atomic E-state index is 12.1. The number of carbonyl (C=O) groups excluding carboxylic acids is 1. The molecule has 0 fully saturated rings. The highest BCUT2D eigenvalue weighted by Gasteiger charge is 2.06. The first kappa shape index (κ1) is 11.3. The highest BCUT2D eigenvalue weighted by Crippen LogP contribution is 2.12. The number of Topliss-reactive ketones (excluding diaryl/α,β-unsaturated/α-hetero) is 1. The Bertz CT molecular complexity index is 524. The fourth-order valence-electron chi connectivity index (χ4n) is 1.68. The highest BCUT2D eigenvalue weighted by molar-refractivity contribution is 6.10. The van der Waals surface area contributed by atoms with Crippen LogP contribution in [-0.4, -0.2) is 5.78 Å². The lowest BCUT2D eigenvalue weighted by molar-refractivity contribution is 0.103. The van der Waals surface area contributed by atoms with Gasteiger partial charge in [-0.05, 0) is 24.1 Å². The molecule has 0 aromatic heterocycles. The molecule has 0 aliphatic carbocycles. The first-order valence-electron chi connectivity index (χ1n) is 5.60. The van der Waals surface area contributed by atoms with E-state index < -0.39 is 0 Å². The third-order valence-corrected chi connectivity index (χ3v) is 2.58. The molecule has 0 N–H and O–H groups in total. The zero-order valence-corrected chi connectivity index (χ0v) is 9.76. The number of benzene rings is 2. The maximum atomic E-state index is 12.1. The van der Waals surface area contributed by atoms with Crippen LogP contribution >= 0.6 is 0 Å². The summed E-state index contributed by atoms with van der Waals surface area (Å²) in [5.74, 6) is 0.0782. The standard InChI is InChI=1S/C16H14O/c1-13(12-14-8-4-2-5-9-14)16(17)15-10-6-3-7-11-15/h2-12H,1H3. The molecular weight excluding hydrogens is 208 g/mol. The van der Waals surface area contributed by atoms with Crippen molar-refractivity contribution in [1.82, 2.24) is 0 Å². The predicted octanol–water partition coefficient (Wildman–Crippen LogP) is 3.97. The van der Waals surface area contributed by atoms with Gasteiger partial charge in [-0.1, -0.05) is 60.7 Å². The number of carbonyl (C=O) groups is 1. The summed E-state index contributed by atoms with van der Waals surface area (Å²) in [5, 5.41) is 0. The van der Waals surface area contributed by atoms with E-state index in [0.29, 0.717) is 0 Å². The van der Waals surface area contributed by atoms with Crippen LogP contribution in [0.2, 0.25) is 0 Å². The van der Waals surface area contributed by atoms with Gasteiger partial charge in [-0.15, -0.1) is 0 Å². The molecule has 17 heavy (non-hydrogen) atoms. The summed E-state index contributed by atoms with van der Waals surface area (Å²) in [6.45, 7) is 1.85. The van der Waals surface area contributed by atoms with Crippen molar-refractivity contribution in [3.05, 3.63) is 77.4 Å². The van der Waals surface area contributed by atoms with Gasteiger partial charge in [-0.3, -0.25) is 4.79 Å². The minimum Gasteiger partial charge on any atom is -0.289 e. The largest absolute Gasteiger partial charge is 0.289 e. The van der Waals surface area contributed by atoms with E-state index >= 15 is 0 Å². The lowest BCUT2D eigenvalue weighted by Crippen LogP contribution is -1.99. The van der Waals surface area contributed by atoms with Crippen LogP contribution in [0.15, 0.2) is 66.2 Å². The molecule has 0 radical (unpaired) electrons. The van der Waals surface area contributed by atoms with Crippen LogP contribution in [0.25, 0.3) is 6.08 Å². The monoisotopic (exact) mass is 222 g/mol.